The Balaban J connectivity index is 2.58. The van der Waals surface area contributed by atoms with E-state index in [1.807, 2.05) is 26.0 Å². The number of ether oxygens (including phenoxy) is 1. The average Bonchev–Trinajstić information content (AvgIpc) is 2.27. The molecule has 2 aromatic carbocycles. The lowest BCUT2D eigenvalue weighted by Gasteiger charge is -2.17. The van der Waals surface area contributed by atoms with E-state index >= 15 is 0 Å². The number of hydrogen-bond donors (Lipinski definition) is 0. The molecule has 17 heavy (non-hydrogen) atoms. The molecule has 0 heterocycles. The molecule has 2 rings (SSSR count). The van der Waals surface area contributed by atoms with Gasteiger partial charge in [0.05, 0.1) is 0 Å². The smallest absolute Gasteiger partial charge is 0.303 e. The fourth-order valence-electron chi connectivity index (χ4n) is 2.25. The third kappa shape index (κ3) is 2.31. The summed E-state index contributed by atoms with van der Waals surface area (Å²) >= 11 is 0. The molecule has 0 bridgehead atoms. The Kier molecular flexibility index (Phi) is 3.14. The topological polar surface area (TPSA) is 26.3 Å². The Labute approximate surface area is 101 Å². The Morgan fingerprint density at radius 1 is 1.18 bits per heavy atom. The summed E-state index contributed by atoms with van der Waals surface area (Å²) < 4.78 is 5.29. The molecule has 0 amide bonds. The van der Waals surface area contributed by atoms with Crippen LogP contribution in [0.25, 0.3) is 10.8 Å². The van der Waals surface area contributed by atoms with E-state index in [0.717, 1.165) is 16.5 Å². The van der Waals surface area contributed by atoms with Gasteiger partial charge in [-0.1, -0.05) is 36.4 Å². The second-order valence-corrected chi connectivity index (χ2v) is 4.27. The van der Waals surface area contributed by atoms with E-state index in [4.69, 9.17) is 4.74 Å². The Morgan fingerprint density at radius 3 is 2.59 bits per heavy atom. The molecule has 2 aromatic rings. The van der Waals surface area contributed by atoms with Crippen molar-refractivity contribution in [2.75, 3.05) is 0 Å². The van der Waals surface area contributed by atoms with Crippen molar-refractivity contribution in [3.63, 3.8) is 0 Å². The molecule has 0 aliphatic rings. The molecule has 2 heteroatoms. The van der Waals surface area contributed by atoms with Crippen LogP contribution in [0.3, 0.4) is 0 Å². The number of hydrogen-bond acceptors (Lipinski definition) is 2. The van der Waals surface area contributed by atoms with E-state index in [9.17, 15) is 4.79 Å². The molecule has 0 N–H and O–H groups in total. The Hall–Kier alpha value is -1.83. The van der Waals surface area contributed by atoms with Gasteiger partial charge in [-0.3, -0.25) is 4.79 Å². The maximum atomic E-state index is 11.1. The minimum Gasteiger partial charge on any atom is -0.458 e. The summed E-state index contributed by atoms with van der Waals surface area (Å²) in [6, 6.07) is 12.3. The SMILES string of the molecule is CC(=O)OC(C)c1c(C)ccc2ccccc12. The molecule has 2 nitrogen and oxygen atoms in total. The Morgan fingerprint density at radius 2 is 1.88 bits per heavy atom. The summed E-state index contributed by atoms with van der Waals surface area (Å²) in [7, 11) is 0. The van der Waals surface area contributed by atoms with Gasteiger partial charge in [-0.05, 0) is 30.2 Å². The first-order chi connectivity index (χ1) is 8.09. The summed E-state index contributed by atoms with van der Waals surface area (Å²) in [4.78, 5) is 11.1. The zero-order chi connectivity index (χ0) is 12.4. The third-order valence-electron chi connectivity index (χ3n) is 2.94. The Bertz CT molecular complexity index is 558. The highest BCUT2D eigenvalue weighted by Gasteiger charge is 2.14. The summed E-state index contributed by atoms with van der Waals surface area (Å²) in [5, 5.41) is 2.33. The van der Waals surface area contributed by atoms with E-state index in [1.54, 1.807) is 0 Å². The molecule has 0 spiro atoms. The van der Waals surface area contributed by atoms with Crippen LogP contribution < -0.4 is 0 Å². The summed E-state index contributed by atoms with van der Waals surface area (Å²) in [5.41, 5.74) is 2.25. The van der Waals surface area contributed by atoms with Gasteiger partial charge in [0.2, 0.25) is 0 Å². The van der Waals surface area contributed by atoms with Crippen LogP contribution in [-0.2, 0) is 9.53 Å². The van der Waals surface area contributed by atoms with Gasteiger partial charge in [0.15, 0.2) is 0 Å². The standard InChI is InChI=1S/C15H16O2/c1-10-8-9-13-6-4-5-7-14(13)15(10)11(2)17-12(3)16/h4-9,11H,1-3H3. The molecule has 88 valence electrons. The predicted octanol–water partition coefficient (Wildman–Crippen LogP) is 3.77. The van der Waals surface area contributed by atoms with Crippen molar-refractivity contribution in [2.24, 2.45) is 0 Å². The molecule has 0 saturated heterocycles. The van der Waals surface area contributed by atoms with Crippen LogP contribution in [0.15, 0.2) is 36.4 Å². The first kappa shape index (κ1) is 11.6. The van der Waals surface area contributed by atoms with Crippen molar-refractivity contribution in [1.82, 2.24) is 0 Å². The highest BCUT2D eigenvalue weighted by atomic mass is 16.5. The highest BCUT2D eigenvalue weighted by Crippen LogP contribution is 2.29. The molecular formula is C15H16O2. The van der Waals surface area contributed by atoms with Crippen molar-refractivity contribution in [3.8, 4) is 0 Å². The quantitative estimate of drug-likeness (QED) is 0.731. The van der Waals surface area contributed by atoms with Crippen molar-refractivity contribution in [2.45, 2.75) is 26.9 Å². The van der Waals surface area contributed by atoms with Crippen LogP contribution >= 0.6 is 0 Å². The first-order valence-electron chi connectivity index (χ1n) is 5.75. The lowest BCUT2D eigenvalue weighted by molar-refractivity contribution is -0.145. The molecule has 0 fully saturated rings. The van der Waals surface area contributed by atoms with Gasteiger partial charge in [-0.15, -0.1) is 0 Å². The fraction of sp³-hybridized carbons (Fsp3) is 0.267. The monoisotopic (exact) mass is 228 g/mol. The molecule has 1 atom stereocenters. The molecule has 0 aliphatic carbocycles. The van der Waals surface area contributed by atoms with Gasteiger partial charge < -0.3 is 4.74 Å². The number of fused-ring (bicyclic) bond motifs is 1. The van der Waals surface area contributed by atoms with Crippen molar-refractivity contribution in [3.05, 3.63) is 47.5 Å². The highest BCUT2D eigenvalue weighted by molar-refractivity contribution is 5.87. The maximum absolute atomic E-state index is 11.1. The molecular weight excluding hydrogens is 212 g/mol. The summed E-state index contributed by atoms with van der Waals surface area (Å²) in [6.45, 7) is 5.40. The predicted molar refractivity (Wildman–Crippen MR) is 68.9 cm³/mol. The van der Waals surface area contributed by atoms with Crippen LogP contribution in [0, 0.1) is 6.92 Å². The van der Waals surface area contributed by atoms with E-state index in [0.29, 0.717) is 0 Å². The zero-order valence-corrected chi connectivity index (χ0v) is 10.4. The van der Waals surface area contributed by atoms with E-state index < -0.39 is 0 Å². The molecule has 0 radical (unpaired) electrons. The third-order valence-corrected chi connectivity index (χ3v) is 2.94. The van der Waals surface area contributed by atoms with Crippen LogP contribution in [-0.4, -0.2) is 5.97 Å². The van der Waals surface area contributed by atoms with Crippen LogP contribution in [0.2, 0.25) is 0 Å². The van der Waals surface area contributed by atoms with E-state index in [1.165, 1.54) is 12.3 Å². The van der Waals surface area contributed by atoms with Gasteiger partial charge in [0.25, 0.3) is 0 Å². The largest absolute Gasteiger partial charge is 0.458 e. The van der Waals surface area contributed by atoms with Crippen molar-refractivity contribution in [1.29, 1.82) is 0 Å². The molecule has 0 saturated carbocycles. The minimum absolute atomic E-state index is 0.210. The van der Waals surface area contributed by atoms with E-state index in [-0.39, 0.29) is 12.1 Å². The number of esters is 1. The second kappa shape index (κ2) is 4.58. The zero-order valence-electron chi connectivity index (χ0n) is 10.4. The van der Waals surface area contributed by atoms with Crippen LogP contribution in [0.4, 0.5) is 0 Å². The van der Waals surface area contributed by atoms with Gasteiger partial charge >= 0.3 is 5.97 Å². The number of aryl methyl sites for hydroxylation is 1. The molecule has 0 aromatic heterocycles. The minimum atomic E-state index is -0.246. The first-order valence-corrected chi connectivity index (χ1v) is 5.75. The summed E-state index contributed by atoms with van der Waals surface area (Å²) in [5.74, 6) is -0.246. The summed E-state index contributed by atoms with van der Waals surface area (Å²) in [6.07, 6.45) is -0.210. The normalized spacial score (nSPS) is 12.4. The van der Waals surface area contributed by atoms with E-state index in [2.05, 4.69) is 24.3 Å². The van der Waals surface area contributed by atoms with Crippen LogP contribution in [0.1, 0.15) is 31.1 Å². The van der Waals surface area contributed by atoms with Crippen LogP contribution in [0.5, 0.6) is 0 Å². The van der Waals surface area contributed by atoms with Crippen molar-refractivity contribution < 1.29 is 9.53 Å². The number of rotatable bonds is 2. The van der Waals surface area contributed by atoms with Gasteiger partial charge in [0.1, 0.15) is 6.10 Å². The van der Waals surface area contributed by atoms with Gasteiger partial charge in [-0.25, -0.2) is 0 Å². The fourth-order valence-corrected chi connectivity index (χ4v) is 2.25. The maximum Gasteiger partial charge on any atom is 0.303 e. The van der Waals surface area contributed by atoms with Crippen molar-refractivity contribution >= 4 is 16.7 Å². The second-order valence-electron chi connectivity index (χ2n) is 4.27. The van der Waals surface area contributed by atoms with Gasteiger partial charge in [-0.2, -0.15) is 0 Å². The lowest BCUT2D eigenvalue weighted by Crippen LogP contribution is -2.06. The number of benzene rings is 2. The average molecular weight is 228 g/mol. The molecule has 1 unspecified atom stereocenters. The van der Waals surface area contributed by atoms with Gasteiger partial charge in [0, 0.05) is 12.5 Å². The molecule has 0 aliphatic heterocycles. The number of carbonyl (C=O) groups is 1. The lowest BCUT2D eigenvalue weighted by atomic mass is 9.96. The number of carbonyl (C=O) groups excluding carboxylic acids is 1.